The van der Waals surface area contributed by atoms with Crippen LogP contribution in [0.3, 0.4) is 0 Å². The Balaban J connectivity index is 2.22. The Hall–Kier alpha value is -1.30. The number of aliphatic hydroxyl groups excluding tert-OH is 3. The van der Waals surface area contributed by atoms with Gasteiger partial charge in [-0.1, -0.05) is 27.7 Å². The third-order valence-electron chi connectivity index (χ3n) is 12.3. The van der Waals surface area contributed by atoms with Gasteiger partial charge in [-0.15, -0.1) is 0 Å². The maximum Gasteiger partial charge on any atom is 0.311 e. The molecule has 0 spiro atoms. The number of cyclic esters (lactones) is 1. The quantitative estimate of drug-likeness (QED) is 0.266. The first-order valence-corrected chi connectivity index (χ1v) is 18.9. The van der Waals surface area contributed by atoms with Crippen LogP contribution < -0.4 is 0 Å². The molecular formula is C38H69NO13. The lowest BCUT2D eigenvalue weighted by Gasteiger charge is -2.50. The molecule has 0 unspecified atom stereocenters. The van der Waals surface area contributed by atoms with Crippen LogP contribution in [0.1, 0.15) is 94.9 Å². The van der Waals surface area contributed by atoms with Crippen molar-refractivity contribution < 1.29 is 63.2 Å². The van der Waals surface area contributed by atoms with E-state index in [0.29, 0.717) is 6.42 Å². The molecule has 0 amide bonds. The third-order valence-corrected chi connectivity index (χ3v) is 12.3. The van der Waals surface area contributed by atoms with Gasteiger partial charge < -0.3 is 58.5 Å². The summed E-state index contributed by atoms with van der Waals surface area (Å²) in [6, 6.07) is -0.283. The van der Waals surface area contributed by atoms with E-state index in [0.717, 1.165) is 0 Å². The second-order valence-corrected chi connectivity index (χ2v) is 16.6. The lowest BCUT2D eigenvalue weighted by atomic mass is 9.74. The molecule has 0 saturated carbocycles. The number of carbonyl (C=O) groups excluding carboxylic acids is 2. The number of Topliss-reactive ketones (excluding diaryl/α,β-unsaturated/α-hetero) is 1. The number of hydrogen-bond donors (Lipinski definition) is 4. The molecule has 0 aromatic rings. The van der Waals surface area contributed by atoms with Gasteiger partial charge in [0.15, 0.2) is 12.6 Å². The van der Waals surface area contributed by atoms with Crippen LogP contribution in [0.15, 0.2) is 0 Å². The first-order valence-electron chi connectivity index (χ1n) is 18.9. The Morgan fingerprint density at radius 3 is 1.98 bits per heavy atom. The van der Waals surface area contributed by atoms with Crippen LogP contribution >= 0.6 is 0 Å². The van der Waals surface area contributed by atoms with E-state index in [2.05, 4.69) is 0 Å². The summed E-state index contributed by atoms with van der Waals surface area (Å²) in [7, 11) is 6.77. The number of esters is 1. The molecule has 52 heavy (non-hydrogen) atoms. The Morgan fingerprint density at radius 2 is 1.44 bits per heavy atom. The van der Waals surface area contributed by atoms with Crippen LogP contribution in [0, 0.1) is 23.7 Å². The molecule has 0 bridgehead atoms. The zero-order valence-electron chi connectivity index (χ0n) is 33.9. The summed E-state index contributed by atoms with van der Waals surface area (Å²) in [6.07, 6.45) is -8.73. The molecule has 3 saturated heterocycles. The highest BCUT2D eigenvalue weighted by molar-refractivity contribution is 5.83. The number of carbonyl (C=O) groups is 2. The Morgan fingerprint density at radius 1 is 0.846 bits per heavy atom. The third kappa shape index (κ3) is 9.38. The van der Waals surface area contributed by atoms with Crippen molar-refractivity contribution in [1.29, 1.82) is 0 Å². The van der Waals surface area contributed by atoms with Crippen molar-refractivity contribution in [2.75, 3.05) is 28.3 Å². The van der Waals surface area contributed by atoms with Gasteiger partial charge in [0, 0.05) is 44.4 Å². The second kappa shape index (κ2) is 17.7. The first-order chi connectivity index (χ1) is 24.0. The molecule has 14 nitrogen and oxygen atoms in total. The summed E-state index contributed by atoms with van der Waals surface area (Å²) >= 11 is 0. The Kier molecular flexibility index (Phi) is 15.3. The van der Waals surface area contributed by atoms with Gasteiger partial charge in [0.2, 0.25) is 0 Å². The fourth-order valence-electron chi connectivity index (χ4n) is 8.58. The van der Waals surface area contributed by atoms with E-state index in [1.165, 1.54) is 21.1 Å². The number of ether oxygens (including phenoxy) is 7. The average molecular weight is 748 g/mol. The Labute approximate surface area is 310 Å². The predicted molar refractivity (Wildman–Crippen MR) is 191 cm³/mol. The first kappa shape index (κ1) is 45.1. The van der Waals surface area contributed by atoms with Gasteiger partial charge in [-0.2, -0.15) is 0 Å². The minimum atomic E-state index is -1.96. The highest BCUT2D eigenvalue weighted by atomic mass is 16.7. The molecule has 3 heterocycles. The fourth-order valence-corrected chi connectivity index (χ4v) is 8.58. The van der Waals surface area contributed by atoms with E-state index in [1.54, 1.807) is 48.5 Å². The van der Waals surface area contributed by atoms with Crippen molar-refractivity contribution in [2.24, 2.45) is 23.7 Å². The minimum Gasteiger partial charge on any atom is -0.459 e. The van der Waals surface area contributed by atoms with Crippen LogP contribution in [0.2, 0.25) is 0 Å². The number of ketones is 1. The lowest BCUT2D eigenvalue weighted by Crippen LogP contribution is -2.61. The zero-order valence-corrected chi connectivity index (χ0v) is 33.9. The van der Waals surface area contributed by atoms with Crippen molar-refractivity contribution in [2.45, 2.75) is 179 Å². The molecule has 0 radical (unpaired) electrons. The number of likely N-dealkylation sites (N-methyl/N-ethyl adjacent to an activating group) is 1. The molecule has 18 atom stereocenters. The smallest absolute Gasteiger partial charge is 0.311 e. The maximum atomic E-state index is 14.2. The van der Waals surface area contributed by atoms with Crippen molar-refractivity contribution in [3.05, 3.63) is 0 Å². The van der Waals surface area contributed by atoms with E-state index < -0.39 is 102 Å². The SMILES string of the molecule is CC[C@H]1OC(=O)[C@H](C)[C@@H](O[C@H]2C[C@](C)(OC)[C@@H](O)[C@H](C)O2)[C@H](C)[C@@H](O[C@@H]2O[C@H](C)C[C@H](N(C)C)[C@H]2O)[C@](C)(OC)C[C@@H](C)C(=O)[C@H](C)[C@@H](O)[C@]1(C)O. The van der Waals surface area contributed by atoms with Crippen molar-refractivity contribution >= 4 is 11.8 Å². The van der Waals surface area contributed by atoms with Gasteiger partial charge in [0.25, 0.3) is 0 Å². The highest BCUT2D eigenvalue weighted by Gasteiger charge is 2.54. The van der Waals surface area contributed by atoms with Gasteiger partial charge in [0.05, 0.1) is 47.6 Å². The van der Waals surface area contributed by atoms with Crippen LogP contribution in [-0.4, -0.2) is 150 Å². The molecule has 304 valence electrons. The predicted octanol–water partition coefficient (Wildman–Crippen LogP) is 2.44. The van der Waals surface area contributed by atoms with Crippen LogP contribution in [-0.2, 0) is 42.7 Å². The molecule has 0 aliphatic carbocycles. The molecule has 3 rings (SSSR count). The summed E-state index contributed by atoms with van der Waals surface area (Å²) in [5.74, 6) is -4.47. The van der Waals surface area contributed by atoms with Crippen LogP contribution in [0.4, 0.5) is 0 Å². The largest absolute Gasteiger partial charge is 0.459 e. The molecule has 3 aliphatic rings. The fraction of sp³-hybridized carbons (Fsp3) is 0.947. The van der Waals surface area contributed by atoms with Crippen molar-refractivity contribution in [3.8, 4) is 0 Å². The van der Waals surface area contributed by atoms with E-state index in [4.69, 9.17) is 33.2 Å². The number of aliphatic hydroxyl groups is 4. The van der Waals surface area contributed by atoms with Gasteiger partial charge in [0.1, 0.15) is 29.7 Å². The number of methoxy groups -OCH3 is 2. The standard InChI is InChI=1S/C38H69NO13/c1-15-26-38(10,45)31(42)21(4)28(40)19(2)17-37(9,47-14)33(52-35-29(41)25(39(11)12)16-20(3)48-35)22(5)30(23(6)34(44)50-26)51-27-18-36(8,46-13)32(43)24(7)49-27/h19-27,29-33,35,41-43,45H,15-18H2,1-14H3/t19-,20-,21+,22+,23-,24+,25+,26-,27+,29-,30+,31-,32+,33-,35+,36+,37-,38-/m1/s1. The van der Waals surface area contributed by atoms with Gasteiger partial charge in [-0.25, -0.2) is 0 Å². The summed E-state index contributed by atoms with van der Waals surface area (Å²) < 4.78 is 43.9. The lowest BCUT2D eigenvalue weighted by molar-refractivity contribution is -0.319. The normalized spacial score (nSPS) is 49.0. The summed E-state index contributed by atoms with van der Waals surface area (Å²) in [5, 5.41) is 45.6. The minimum absolute atomic E-state index is 0.111. The van der Waals surface area contributed by atoms with Crippen molar-refractivity contribution in [1.82, 2.24) is 4.90 Å². The van der Waals surface area contributed by atoms with Crippen molar-refractivity contribution in [3.63, 3.8) is 0 Å². The highest BCUT2D eigenvalue weighted by Crippen LogP contribution is 2.41. The maximum absolute atomic E-state index is 14.2. The van der Waals surface area contributed by atoms with E-state index in [9.17, 15) is 30.0 Å². The summed E-state index contributed by atoms with van der Waals surface area (Å²) in [5.41, 5.74) is -4.24. The van der Waals surface area contributed by atoms with Gasteiger partial charge >= 0.3 is 5.97 Å². The topological polar surface area (TPSA) is 183 Å². The number of nitrogens with zero attached hydrogens (tertiary/aromatic N) is 1. The van der Waals surface area contributed by atoms with E-state index in [-0.39, 0.29) is 37.2 Å². The number of hydrogen-bond acceptors (Lipinski definition) is 14. The van der Waals surface area contributed by atoms with E-state index >= 15 is 0 Å². The molecule has 3 aliphatic heterocycles. The Bertz CT molecular complexity index is 1190. The average Bonchev–Trinajstić information content (AvgIpc) is 3.09. The molecule has 4 N–H and O–H groups in total. The van der Waals surface area contributed by atoms with Gasteiger partial charge in [-0.3, -0.25) is 9.59 Å². The monoisotopic (exact) mass is 747 g/mol. The summed E-state index contributed by atoms with van der Waals surface area (Å²) in [6.45, 7) is 17.1. The second-order valence-electron chi connectivity index (χ2n) is 16.6. The molecule has 0 aromatic heterocycles. The van der Waals surface area contributed by atoms with Crippen LogP contribution in [0.25, 0.3) is 0 Å². The summed E-state index contributed by atoms with van der Waals surface area (Å²) in [4.78, 5) is 30.1. The van der Waals surface area contributed by atoms with Gasteiger partial charge in [-0.05, 0) is 74.9 Å². The molecule has 3 fully saturated rings. The molecular weight excluding hydrogens is 678 g/mol. The molecule has 14 heteroatoms. The number of rotatable bonds is 8. The van der Waals surface area contributed by atoms with E-state index in [1.807, 2.05) is 32.8 Å². The van der Waals surface area contributed by atoms with Crippen LogP contribution in [0.5, 0.6) is 0 Å². The molecule has 0 aromatic carbocycles. The zero-order chi connectivity index (χ0) is 39.7.